The SMILES string of the molecule is Cn1ccn(C)[nH][nH]1. The number of hydrogen-bond acceptors (Lipinski definition) is 0. The van der Waals surface area contributed by atoms with Gasteiger partial charge in [0.25, 0.3) is 0 Å². The first-order chi connectivity index (χ1) is 3.79. The quantitative estimate of drug-likeness (QED) is 0.482. The molecule has 0 amide bonds. The summed E-state index contributed by atoms with van der Waals surface area (Å²) >= 11 is 0. The monoisotopic (exact) mass is 114 g/mol. The minimum Gasteiger partial charge on any atom is -0.282 e. The molecule has 0 aromatic carbocycles. The fourth-order valence-corrected chi connectivity index (χ4v) is 0.432. The Hall–Kier alpha value is -1.06. The van der Waals surface area contributed by atoms with Crippen LogP contribution in [0.15, 0.2) is 12.4 Å². The van der Waals surface area contributed by atoms with Crippen molar-refractivity contribution >= 4 is 0 Å². The molecule has 4 nitrogen and oxygen atoms in total. The van der Waals surface area contributed by atoms with E-state index in [4.69, 9.17) is 0 Å². The Morgan fingerprint density at radius 1 is 1.00 bits per heavy atom. The molecule has 4 heteroatoms. The molecule has 0 spiro atoms. The third kappa shape index (κ3) is 0.959. The molecule has 1 rings (SSSR count). The summed E-state index contributed by atoms with van der Waals surface area (Å²) < 4.78 is 3.64. The maximum absolute atomic E-state index is 2.85. The van der Waals surface area contributed by atoms with Gasteiger partial charge in [-0.2, -0.15) is 0 Å². The van der Waals surface area contributed by atoms with E-state index in [1.54, 1.807) is 0 Å². The summed E-state index contributed by atoms with van der Waals surface area (Å²) in [6.07, 6.45) is 3.83. The average Bonchev–Trinajstić information content (AvgIpc) is 1.77. The van der Waals surface area contributed by atoms with Crippen LogP contribution in [0.5, 0.6) is 0 Å². The van der Waals surface area contributed by atoms with E-state index in [1.165, 1.54) is 0 Å². The van der Waals surface area contributed by atoms with Crippen LogP contribution < -0.4 is 0 Å². The normalized spacial score (nSPS) is 9.25. The number of nitrogens with one attached hydrogen (secondary N) is 2. The highest BCUT2D eigenvalue weighted by Gasteiger charge is 1.71. The maximum Gasteiger partial charge on any atom is 0.0401 e. The minimum atomic E-state index is 1.82. The van der Waals surface area contributed by atoms with Gasteiger partial charge in [-0.3, -0.25) is 9.36 Å². The molecule has 0 aliphatic rings. The Balaban J connectivity index is 3.03. The first-order valence-corrected chi connectivity index (χ1v) is 2.44. The van der Waals surface area contributed by atoms with Crippen LogP contribution in [0.1, 0.15) is 0 Å². The van der Waals surface area contributed by atoms with Gasteiger partial charge in [-0.15, -0.1) is 0 Å². The lowest BCUT2D eigenvalue weighted by Crippen LogP contribution is -2.05. The van der Waals surface area contributed by atoms with Crippen LogP contribution in [0.25, 0.3) is 0 Å². The number of aromatic nitrogens is 4. The predicted octanol–water partition coefficient (Wildman–Crippen LogP) is 0.144. The number of aromatic amines is 2. The van der Waals surface area contributed by atoms with E-state index >= 15 is 0 Å². The molecular formula is C4H10N4. The summed E-state index contributed by atoms with van der Waals surface area (Å²) in [5.41, 5.74) is 0. The molecule has 0 radical (unpaired) electrons. The highest BCUT2D eigenvalue weighted by molar-refractivity contribution is 4.61. The predicted molar refractivity (Wildman–Crippen MR) is 30.7 cm³/mol. The molecular weight excluding hydrogens is 104 g/mol. The van der Waals surface area contributed by atoms with Crippen molar-refractivity contribution < 1.29 is 0 Å². The third-order valence-electron chi connectivity index (χ3n) is 0.917. The first kappa shape index (κ1) is 5.08. The lowest BCUT2D eigenvalue weighted by atomic mass is 10.9. The lowest BCUT2D eigenvalue weighted by Gasteiger charge is -2.01. The van der Waals surface area contributed by atoms with Gasteiger partial charge in [0, 0.05) is 26.5 Å². The number of hydrogen-bond donors (Lipinski definition) is 2. The second kappa shape index (κ2) is 1.81. The number of nitrogens with zero attached hydrogens (tertiary/aromatic N) is 2. The van der Waals surface area contributed by atoms with Gasteiger partial charge in [0.2, 0.25) is 0 Å². The fourth-order valence-electron chi connectivity index (χ4n) is 0.432. The molecule has 0 bridgehead atoms. The number of aryl methyl sites for hydroxylation is 2. The summed E-state index contributed by atoms with van der Waals surface area (Å²) in [7, 11) is 3.83. The van der Waals surface area contributed by atoms with E-state index in [1.807, 2.05) is 35.9 Å². The summed E-state index contributed by atoms with van der Waals surface area (Å²) in [4.78, 5) is 0. The standard InChI is InChI=1S/C4H10N4/c1-7-3-4-8(2)6-5-7/h3-6H,1-2H3. The van der Waals surface area contributed by atoms with Crippen molar-refractivity contribution in [1.29, 1.82) is 0 Å². The molecule has 1 aromatic heterocycles. The van der Waals surface area contributed by atoms with Crippen molar-refractivity contribution in [3.8, 4) is 0 Å². The van der Waals surface area contributed by atoms with Crippen LogP contribution in [-0.2, 0) is 14.1 Å². The Labute approximate surface area is 47.4 Å². The fraction of sp³-hybridized carbons (Fsp3) is 0.500. The molecule has 46 valence electrons. The molecule has 0 unspecified atom stereocenters. The topological polar surface area (TPSA) is 41.4 Å². The van der Waals surface area contributed by atoms with E-state index in [9.17, 15) is 0 Å². The van der Waals surface area contributed by atoms with Crippen molar-refractivity contribution in [2.75, 3.05) is 0 Å². The minimum absolute atomic E-state index is 1.82. The zero-order valence-corrected chi connectivity index (χ0v) is 5.05. The Morgan fingerprint density at radius 3 is 1.62 bits per heavy atom. The molecule has 1 aromatic rings. The Morgan fingerprint density at radius 2 is 1.38 bits per heavy atom. The highest BCUT2D eigenvalue weighted by Crippen LogP contribution is 1.70. The van der Waals surface area contributed by atoms with Gasteiger partial charge >= 0.3 is 0 Å². The average molecular weight is 114 g/mol. The van der Waals surface area contributed by atoms with Crippen LogP contribution in [0.4, 0.5) is 0 Å². The largest absolute Gasteiger partial charge is 0.282 e. The van der Waals surface area contributed by atoms with E-state index < -0.39 is 0 Å². The van der Waals surface area contributed by atoms with E-state index in [-0.39, 0.29) is 0 Å². The Kier molecular flexibility index (Phi) is 1.15. The summed E-state index contributed by atoms with van der Waals surface area (Å²) in [6.45, 7) is 0. The molecule has 0 atom stereocenters. The lowest BCUT2D eigenvalue weighted by molar-refractivity contribution is 0.543. The van der Waals surface area contributed by atoms with Crippen molar-refractivity contribution in [1.82, 2.24) is 19.8 Å². The van der Waals surface area contributed by atoms with Gasteiger partial charge in [-0.25, -0.2) is 10.4 Å². The molecule has 0 fully saturated rings. The van der Waals surface area contributed by atoms with Crippen molar-refractivity contribution in [3.63, 3.8) is 0 Å². The van der Waals surface area contributed by atoms with Gasteiger partial charge in [-0.1, -0.05) is 0 Å². The molecule has 1 heterocycles. The summed E-state index contributed by atoms with van der Waals surface area (Å²) in [5.74, 6) is 0. The second-order valence-corrected chi connectivity index (χ2v) is 1.74. The zero-order chi connectivity index (χ0) is 5.98. The Bertz CT molecular complexity index is 147. The van der Waals surface area contributed by atoms with Crippen molar-refractivity contribution in [2.45, 2.75) is 0 Å². The van der Waals surface area contributed by atoms with E-state index in [0.29, 0.717) is 0 Å². The van der Waals surface area contributed by atoms with Crippen LogP contribution in [0.3, 0.4) is 0 Å². The maximum atomic E-state index is 2.85. The zero-order valence-electron chi connectivity index (χ0n) is 5.05. The van der Waals surface area contributed by atoms with E-state index in [0.717, 1.165) is 0 Å². The van der Waals surface area contributed by atoms with Gasteiger partial charge in [-0.05, 0) is 0 Å². The van der Waals surface area contributed by atoms with Gasteiger partial charge in [0.15, 0.2) is 0 Å². The molecule has 2 N–H and O–H groups in total. The van der Waals surface area contributed by atoms with E-state index in [2.05, 4.69) is 10.4 Å². The second-order valence-electron chi connectivity index (χ2n) is 1.74. The molecule has 0 aliphatic heterocycles. The highest BCUT2D eigenvalue weighted by atomic mass is 15.5. The molecule has 0 aliphatic carbocycles. The van der Waals surface area contributed by atoms with Gasteiger partial charge in [0.1, 0.15) is 0 Å². The van der Waals surface area contributed by atoms with Crippen LogP contribution in [0.2, 0.25) is 0 Å². The summed E-state index contributed by atoms with van der Waals surface area (Å²) in [6, 6.07) is 0. The van der Waals surface area contributed by atoms with Crippen LogP contribution >= 0.6 is 0 Å². The molecule has 8 heavy (non-hydrogen) atoms. The van der Waals surface area contributed by atoms with Crippen LogP contribution in [0, 0.1) is 0 Å². The smallest absolute Gasteiger partial charge is 0.0401 e. The van der Waals surface area contributed by atoms with Gasteiger partial charge in [0.05, 0.1) is 0 Å². The number of H-pyrrole nitrogens is 2. The molecule has 0 saturated heterocycles. The first-order valence-electron chi connectivity index (χ1n) is 2.44. The van der Waals surface area contributed by atoms with Crippen molar-refractivity contribution in [3.05, 3.63) is 12.4 Å². The molecule has 0 saturated carbocycles. The van der Waals surface area contributed by atoms with Crippen LogP contribution in [-0.4, -0.2) is 19.8 Å². The number of rotatable bonds is 0. The van der Waals surface area contributed by atoms with Gasteiger partial charge < -0.3 is 0 Å². The summed E-state index contributed by atoms with van der Waals surface area (Å²) in [5, 5.41) is 5.71. The third-order valence-corrected chi connectivity index (χ3v) is 0.917. The van der Waals surface area contributed by atoms with Crippen molar-refractivity contribution in [2.24, 2.45) is 14.1 Å².